The number of hydrogen-bond donors (Lipinski definition) is 1. The van der Waals surface area contributed by atoms with E-state index in [1.165, 1.54) is 0 Å². The van der Waals surface area contributed by atoms with Crippen LogP contribution in [-0.4, -0.2) is 16.2 Å². The summed E-state index contributed by atoms with van der Waals surface area (Å²) in [6, 6.07) is 7.39. The molecule has 5 heteroatoms. The van der Waals surface area contributed by atoms with Crippen LogP contribution in [0, 0.1) is 5.92 Å². The molecule has 0 amide bonds. The molecule has 0 saturated carbocycles. The van der Waals surface area contributed by atoms with Crippen LogP contribution in [0.3, 0.4) is 0 Å². The lowest BCUT2D eigenvalue weighted by atomic mass is 9.90. The number of nitrogens with two attached hydrogens (primary N) is 1. The van der Waals surface area contributed by atoms with Gasteiger partial charge in [-0.05, 0) is 25.0 Å². The molecule has 0 aliphatic rings. The van der Waals surface area contributed by atoms with E-state index in [1.807, 2.05) is 25.1 Å². The second-order valence-corrected chi connectivity index (χ2v) is 5.47. The molecule has 2 aromatic rings. The number of rotatable bonds is 4. The Balaban J connectivity index is 2.36. The van der Waals surface area contributed by atoms with Gasteiger partial charge in [-0.15, -0.1) is 0 Å². The van der Waals surface area contributed by atoms with E-state index in [-0.39, 0.29) is 12.0 Å². The van der Waals surface area contributed by atoms with Crippen LogP contribution in [-0.2, 0) is 0 Å². The van der Waals surface area contributed by atoms with Gasteiger partial charge in [0.05, 0.1) is 10.9 Å². The molecule has 2 atom stereocenters. The summed E-state index contributed by atoms with van der Waals surface area (Å²) in [5.74, 6) is 1.45. The largest absolute Gasteiger partial charge is 0.339 e. The zero-order valence-electron chi connectivity index (χ0n) is 11.3. The zero-order chi connectivity index (χ0) is 14.0. The Kier molecular flexibility index (Phi) is 4.22. The molecule has 19 heavy (non-hydrogen) atoms. The van der Waals surface area contributed by atoms with Crippen LogP contribution in [0.1, 0.15) is 32.6 Å². The molecular formula is C14H18ClN3O. The van der Waals surface area contributed by atoms with Crippen LogP contribution in [0.2, 0.25) is 5.02 Å². The van der Waals surface area contributed by atoms with Crippen molar-refractivity contribution in [3.05, 3.63) is 35.2 Å². The molecule has 1 aromatic carbocycles. The molecule has 0 aliphatic heterocycles. The van der Waals surface area contributed by atoms with Gasteiger partial charge in [-0.3, -0.25) is 0 Å². The first-order valence-electron chi connectivity index (χ1n) is 6.34. The van der Waals surface area contributed by atoms with Crippen molar-refractivity contribution in [3.63, 3.8) is 0 Å². The molecule has 2 unspecified atom stereocenters. The summed E-state index contributed by atoms with van der Waals surface area (Å²) in [6.45, 7) is 6.13. The van der Waals surface area contributed by atoms with Gasteiger partial charge in [0.15, 0.2) is 0 Å². The summed E-state index contributed by atoms with van der Waals surface area (Å²) in [5.41, 5.74) is 6.76. The first kappa shape index (κ1) is 14.0. The molecule has 0 radical (unpaired) electrons. The van der Waals surface area contributed by atoms with Gasteiger partial charge in [-0.1, -0.05) is 42.7 Å². The van der Waals surface area contributed by atoms with Crippen LogP contribution in [0.4, 0.5) is 0 Å². The second kappa shape index (κ2) is 5.72. The van der Waals surface area contributed by atoms with Crippen LogP contribution >= 0.6 is 11.6 Å². The van der Waals surface area contributed by atoms with Gasteiger partial charge >= 0.3 is 0 Å². The summed E-state index contributed by atoms with van der Waals surface area (Å²) >= 11 is 6.13. The van der Waals surface area contributed by atoms with Crippen LogP contribution in [0.5, 0.6) is 0 Å². The van der Waals surface area contributed by atoms with E-state index in [9.17, 15) is 0 Å². The maximum atomic E-state index is 6.13. The Labute approximate surface area is 118 Å². The maximum Gasteiger partial charge on any atom is 0.231 e. The van der Waals surface area contributed by atoms with Crippen molar-refractivity contribution in [2.75, 3.05) is 0 Å². The Morgan fingerprint density at radius 3 is 2.47 bits per heavy atom. The number of hydrogen-bond acceptors (Lipinski definition) is 4. The molecule has 0 saturated heterocycles. The van der Waals surface area contributed by atoms with Crippen molar-refractivity contribution in [2.24, 2.45) is 11.7 Å². The topological polar surface area (TPSA) is 64.9 Å². The zero-order valence-corrected chi connectivity index (χ0v) is 12.1. The molecule has 1 aromatic heterocycles. The van der Waals surface area contributed by atoms with E-state index >= 15 is 0 Å². The lowest BCUT2D eigenvalue weighted by Gasteiger charge is -2.20. The maximum absolute atomic E-state index is 6.13. The van der Waals surface area contributed by atoms with Gasteiger partial charge in [0.25, 0.3) is 0 Å². The van der Waals surface area contributed by atoms with E-state index in [0.717, 1.165) is 5.56 Å². The Bertz CT molecular complexity index is 543. The van der Waals surface area contributed by atoms with Gasteiger partial charge in [-0.25, -0.2) is 0 Å². The van der Waals surface area contributed by atoms with E-state index in [4.69, 9.17) is 21.9 Å². The summed E-state index contributed by atoms with van der Waals surface area (Å²) in [6.07, 6.45) is 0. The van der Waals surface area contributed by atoms with E-state index in [2.05, 4.69) is 24.0 Å². The lowest BCUT2D eigenvalue weighted by Crippen LogP contribution is -2.28. The smallest absolute Gasteiger partial charge is 0.231 e. The first-order chi connectivity index (χ1) is 9.00. The molecule has 1 heterocycles. The molecule has 2 rings (SSSR count). The number of benzene rings is 1. The highest BCUT2D eigenvalue weighted by Gasteiger charge is 2.26. The van der Waals surface area contributed by atoms with E-state index in [0.29, 0.717) is 22.7 Å². The summed E-state index contributed by atoms with van der Waals surface area (Å²) in [7, 11) is 0. The highest BCUT2D eigenvalue weighted by molar-refractivity contribution is 6.33. The van der Waals surface area contributed by atoms with Gasteiger partial charge in [0.1, 0.15) is 0 Å². The lowest BCUT2D eigenvalue weighted by molar-refractivity contribution is 0.300. The van der Waals surface area contributed by atoms with Gasteiger partial charge in [0.2, 0.25) is 11.7 Å². The van der Waals surface area contributed by atoms with Crippen LogP contribution in [0.25, 0.3) is 11.4 Å². The predicted octanol–water partition coefficient (Wildman–Crippen LogP) is 3.48. The number of halogens is 1. The van der Waals surface area contributed by atoms with Crippen molar-refractivity contribution in [1.82, 2.24) is 10.1 Å². The van der Waals surface area contributed by atoms with Crippen molar-refractivity contribution in [2.45, 2.75) is 32.7 Å². The molecule has 0 aliphatic carbocycles. The molecule has 102 valence electrons. The molecule has 2 N–H and O–H groups in total. The Hall–Kier alpha value is -1.39. The van der Waals surface area contributed by atoms with Crippen LogP contribution in [0.15, 0.2) is 28.8 Å². The molecular weight excluding hydrogens is 262 g/mol. The third-order valence-electron chi connectivity index (χ3n) is 3.13. The standard InChI is InChI=1S/C14H18ClN3O/c1-8(2)12(9(3)16)14-17-13(18-19-14)10-6-4-5-7-11(10)15/h4-9,12H,16H2,1-3H3. The second-order valence-electron chi connectivity index (χ2n) is 5.06. The highest BCUT2D eigenvalue weighted by atomic mass is 35.5. The fourth-order valence-electron chi connectivity index (χ4n) is 2.24. The number of nitrogens with zero attached hydrogens (tertiary/aromatic N) is 2. The molecule has 4 nitrogen and oxygen atoms in total. The summed E-state index contributed by atoms with van der Waals surface area (Å²) in [5, 5.41) is 4.61. The highest BCUT2D eigenvalue weighted by Crippen LogP contribution is 2.30. The Morgan fingerprint density at radius 1 is 1.21 bits per heavy atom. The van der Waals surface area contributed by atoms with Gasteiger partial charge in [0, 0.05) is 11.6 Å². The van der Waals surface area contributed by atoms with Crippen molar-refractivity contribution >= 4 is 11.6 Å². The fraction of sp³-hybridized carbons (Fsp3) is 0.429. The minimum Gasteiger partial charge on any atom is -0.339 e. The normalized spacial score (nSPS) is 14.6. The molecule has 0 bridgehead atoms. The predicted molar refractivity (Wildman–Crippen MR) is 76.0 cm³/mol. The van der Waals surface area contributed by atoms with Crippen molar-refractivity contribution in [1.29, 1.82) is 0 Å². The van der Waals surface area contributed by atoms with Gasteiger partial charge in [-0.2, -0.15) is 4.98 Å². The third-order valence-corrected chi connectivity index (χ3v) is 3.46. The fourth-order valence-corrected chi connectivity index (χ4v) is 2.46. The molecule has 0 spiro atoms. The average Bonchev–Trinajstić information content (AvgIpc) is 2.77. The van der Waals surface area contributed by atoms with Crippen molar-refractivity contribution < 1.29 is 4.52 Å². The van der Waals surface area contributed by atoms with Crippen LogP contribution < -0.4 is 5.73 Å². The van der Waals surface area contributed by atoms with Gasteiger partial charge < -0.3 is 10.3 Å². The average molecular weight is 280 g/mol. The quantitative estimate of drug-likeness (QED) is 0.930. The van der Waals surface area contributed by atoms with E-state index < -0.39 is 0 Å². The van der Waals surface area contributed by atoms with Crippen molar-refractivity contribution in [3.8, 4) is 11.4 Å². The molecule has 0 fully saturated rings. The summed E-state index contributed by atoms with van der Waals surface area (Å²) < 4.78 is 5.36. The third kappa shape index (κ3) is 2.96. The monoisotopic (exact) mass is 279 g/mol. The summed E-state index contributed by atoms with van der Waals surface area (Å²) in [4.78, 5) is 4.44. The van der Waals surface area contributed by atoms with E-state index in [1.54, 1.807) is 6.07 Å². The Morgan fingerprint density at radius 2 is 1.89 bits per heavy atom. The minimum atomic E-state index is -0.0421. The first-order valence-corrected chi connectivity index (χ1v) is 6.72. The SMILES string of the molecule is CC(C)C(c1nc(-c2ccccc2Cl)no1)C(C)N. The minimum absolute atomic E-state index is 0.0421. The number of aromatic nitrogens is 2.